The number of hydrogen-bond acceptors (Lipinski definition) is 4. The van der Waals surface area contributed by atoms with Gasteiger partial charge in [0.05, 0.1) is 26.6 Å². The molecule has 2 heterocycles. The molecule has 0 saturated carbocycles. The third-order valence-corrected chi connectivity index (χ3v) is 5.03. The Balaban J connectivity index is 1.81. The van der Waals surface area contributed by atoms with Gasteiger partial charge in [-0.15, -0.1) is 11.3 Å². The quantitative estimate of drug-likeness (QED) is 0.522. The Morgan fingerprint density at radius 2 is 1.91 bits per heavy atom. The Kier molecular flexibility index (Phi) is 2.96. The molecular weight excluding hydrogens is 325 g/mol. The third-order valence-electron chi connectivity index (χ3n) is 3.85. The molecule has 0 saturated heterocycles. The number of halogens is 3. The summed E-state index contributed by atoms with van der Waals surface area (Å²) in [4.78, 5) is 0. The van der Waals surface area contributed by atoms with Gasteiger partial charge in [0.1, 0.15) is 5.75 Å². The van der Waals surface area contributed by atoms with Crippen molar-refractivity contribution in [1.29, 1.82) is 0 Å². The van der Waals surface area contributed by atoms with Gasteiger partial charge >= 0.3 is 6.18 Å². The SMILES string of the molecule is Oc1cccc2c3c(sc12)Nc1ccc(C(F)(F)F)cc1NC3. The maximum absolute atomic E-state index is 12.8. The van der Waals surface area contributed by atoms with Gasteiger partial charge < -0.3 is 15.7 Å². The zero-order valence-electron chi connectivity index (χ0n) is 11.7. The molecule has 1 aliphatic rings. The molecule has 118 valence electrons. The van der Waals surface area contributed by atoms with Gasteiger partial charge in [0.2, 0.25) is 0 Å². The Morgan fingerprint density at radius 3 is 2.70 bits per heavy atom. The second-order valence-corrected chi connectivity index (χ2v) is 6.32. The van der Waals surface area contributed by atoms with Crippen molar-refractivity contribution in [3.63, 3.8) is 0 Å². The summed E-state index contributed by atoms with van der Waals surface area (Å²) in [5.74, 6) is 0.204. The summed E-state index contributed by atoms with van der Waals surface area (Å²) >= 11 is 1.39. The molecule has 4 rings (SSSR count). The van der Waals surface area contributed by atoms with Crippen LogP contribution in [-0.2, 0) is 12.7 Å². The van der Waals surface area contributed by atoms with Crippen LogP contribution in [0.3, 0.4) is 0 Å². The van der Waals surface area contributed by atoms with Crippen molar-refractivity contribution in [3.8, 4) is 5.75 Å². The fraction of sp³-hybridized carbons (Fsp3) is 0.125. The summed E-state index contributed by atoms with van der Waals surface area (Å²) < 4.78 is 39.3. The molecule has 0 spiro atoms. The number of phenolic OH excluding ortho intramolecular Hbond substituents is 1. The number of phenols is 1. The van der Waals surface area contributed by atoms with Crippen LogP contribution in [-0.4, -0.2) is 5.11 Å². The van der Waals surface area contributed by atoms with E-state index in [1.54, 1.807) is 12.1 Å². The fourth-order valence-corrected chi connectivity index (χ4v) is 3.86. The Labute approximate surface area is 133 Å². The number of rotatable bonds is 0. The lowest BCUT2D eigenvalue weighted by molar-refractivity contribution is -0.137. The molecule has 0 aliphatic carbocycles. The van der Waals surface area contributed by atoms with E-state index in [0.717, 1.165) is 32.8 Å². The van der Waals surface area contributed by atoms with Crippen molar-refractivity contribution in [2.45, 2.75) is 12.7 Å². The van der Waals surface area contributed by atoms with Crippen LogP contribution in [0.4, 0.5) is 29.5 Å². The summed E-state index contributed by atoms with van der Waals surface area (Å²) in [5.41, 5.74) is 1.25. The van der Waals surface area contributed by atoms with E-state index < -0.39 is 11.7 Å². The molecule has 3 N–H and O–H groups in total. The van der Waals surface area contributed by atoms with Gasteiger partial charge in [0.25, 0.3) is 0 Å². The zero-order chi connectivity index (χ0) is 16.2. The second kappa shape index (κ2) is 4.79. The molecule has 23 heavy (non-hydrogen) atoms. The van der Waals surface area contributed by atoms with E-state index in [4.69, 9.17) is 0 Å². The Morgan fingerprint density at radius 1 is 1.09 bits per heavy atom. The third kappa shape index (κ3) is 2.28. The first kappa shape index (κ1) is 14.2. The average molecular weight is 336 g/mol. The number of hydrogen-bond donors (Lipinski definition) is 3. The van der Waals surface area contributed by atoms with Crippen molar-refractivity contribution < 1.29 is 18.3 Å². The number of alkyl halides is 3. The minimum absolute atomic E-state index is 0.204. The van der Waals surface area contributed by atoms with Crippen molar-refractivity contribution >= 4 is 37.8 Å². The van der Waals surface area contributed by atoms with E-state index >= 15 is 0 Å². The molecule has 0 atom stereocenters. The van der Waals surface area contributed by atoms with E-state index in [0.29, 0.717) is 17.9 Å². The molecule has 1 aliphatic heterocycles. The van der Waals surface area contributed by atoms with Gasteiger partial charge in [-0.2, -0.15) is 13.2 Å². The van der Waals surface area contributed by atoms with Gasteiger partial charge in [-0.25, -0.2) is 0 Å². The van der Waals surface area contributed by atoms with Gasteiger partial charge in [-0.3, -0.25) is 0 Å². The summed E-state index contributed by atoms with van der Waals surface area (Å²) in [5, 5.41) is 17.9. The Hall–Kier alpha value is -2.41. The van der Waals surface area contributed by atoms with Gasteiger partial charge in [0.15, 0.2) is 0 Å². The summed E-state index contributed by atoms with van der Waals surface area (Å²) in [6, 6.07) is 8.86. The summed E-state index contributed by atoms with van der Waals surface area (Å²) in [6.45, 7) is 0.389. The number of thiophene rings is 1. The van der Waals surface area contributed by atoms with E-state index in [9.17, 15) is 18.3 Å². The first-order valence-electron chi connectivity index (χ1n) is 6.89. The van der Waals surface area contributed by atoms with Crippen molar-refractivity contribution in [2.75, 3.05) is 10.6 Å². The highest BCUT2D eigenvalue weighted by Gasteiger charge is 2.31. The highest BCUT2D eigenvalue weighted by molar-refractivity contribution is 7.23. The Bertz CT molecular complexity index is 918. The summed E-state index contributed by atoms with van der Waals surface area (Å²) in [6.07, 6.45) is -4.37. The maximum atomic E-state index is 12.8. The molecule has 0 bridgehead atoms. The monoisotopic (exact) mass is 336 g/mol. The largest absolute Gasteiger partial charge is 0.506 e. The molecule has 0 fully saturated rings. The van der Waals surface area contributed by atoms with Crippen LogP contribution in [0.25, 0.3) is 10.1 Å². The molecule has 1 aromatic heterocycles. The van der Waals surface area contributed by atoms with E-state index in [1.165, 1.54) is 17.4 Å². The topological polar surface area (TPSA) is 44.3 Å². The van der Waals surface area contributed by atoms with Crippen LogP contribution < -0.4 is 10.6 Å². The molecule has 0 unspecified atom stereocenters. The highest BCUT2D eigenvalue weighted by atomic mass is 32.1. The van der Waals surface area contributed by atoms with Crippen LogP contribution >= 0.6 is 11.3 Å². The first-order valence-corrected chi connectivity index (χ1v) is 7.70. The van der Waals surface area contributed by atoms with Crippen LogP contribution in [0, 0.1) is 0 Å². The molecule has 0 radical (unpaired) electrons. The molecule has 3 aromatic rings. The predicted molar refractivity (Wildman–Crippen MR) is 85.5 cm³/mol. The number of benzene rings is 2. The van der Waals surface area contributed by atoms with E-state index in [-0.39, 0.29) is 5.75 Å². The molecule has 7 heteroatoms. The number of fused-ring (bicyclic) bond motifs is 4. The van der Waals surface area contributed by atoms with E-state index in [1.807, 2.05) is 6.07 Å². The smallest absolute Gasteiger partial charge is 0.416 e. The minimum Gasteiger partial charge on any atom is -0.506 e. The highest BCUT2D eigenvalue weighted by Crippen LogP contribution is 2.45. The van der Waals surface area contributed by atoms with Crippen LogP contribution in [0.2, 0.25) is 0 Å². The number of aromatic hydroxyl groups is 1. The average Bonchev–Trinajstić information content (AvgIpc) is 2.74. The lowest BCUT2D eigenvalue weighted by Gasteiger charge is -2.12. The van der Waals surface area contributed by atoms with Gasteiger partial charge in [0, 0.05) is 17.5 Å². The van der Waals surface area contributed by atoms with Gasteiger partial charge in [-0.1, -0.05) is 12.1 Å². The van der Waals surface area contributed by atoms with Crippen LogP contribution in [0.1, 0.15) is 11.1 Å². The lowest BCUT2D eigenvalue weighted by atomic mass is 10.1. The fourth-order valence-electron chi connectivity index (χ4n) is 2.71. The molecule has 0 amide bonds. The minimum atomic E-state index is -4.37. The molecule has 3 nitrogen and oxygen atoms in total. The van der Waals surface area contributed by atoms with Crippen molar-refractivity contribution in [3.05, 3.63) is 47.5 Å². The van der Waals surface area contributed by atoms with Crippen LogP contribution in [0.15, 0.2) is 36.4 Å². The van der Waals surface area contributed by atoms with Crippen molar-refractivity contribution in [2.24, 2.45) is 0 Å². The van der Waals surface area contributed by atoms with Gasteiger partial charge in [-0.05, 0) is 24.3 Å². The number of anilines is 3. The second-order valence-electron chi connectivity index (χ2n) is 5.30. The molecular formula is C16H11F3N2OS. The van der Waals surface area contributed by atoms with Crippen LogP contribution in [0.5, 0.6) is 5.75 Å². The number of nitrogens with one attached hydrogen (secondary N) is 2. The zero-order valence-corrected chi connectivity index (χ0v) is 12.5. The molecule has 2 aromatic carbocycles. The standard InChI is InChI=1S/C16H11F3N2OS/c17-16(18,19)8-4-5-11-12(6-8)20-7-10-9-2-1-3-13(22)14(9)23-15(10)21-11/h1-6,20-22H,7H2. The first-order chi connectivity index (χ1) is 10.9. The van der Waals surface area contributed by atoms with Crippen molar-refractivity contribution in [1.82, 2.24) is 0 Å². The normalized spacial score (nSPS) is 13.7. The summed E-state index contributed by atoms with van der Waals surface area (Å²) in [7, 11) is 0. The lowest BCUT2D eigenvalue weighted by Crippen LogP contribution is -2.06. The maximum Gasteiger partial charge on any atom is 0.416 e. The predicted octanol–water partition coefficient (Wildman–Crippen LogP) is 5.29. The van der Waals surface area contributed by atoms with E-state index in [2.05, 4.69) is 10.6 Å².